The van der Waals surface area contributed by atoms with Crippen molar-refractivity contribution >= 4 is 15.9 Å². The van der Waals surface area contributed by atoms with Gasteiger partial charge >= 0.3 is 0 Å². The zero-order valence-corrected chi connectivity index (χ0v) is 13.7. The molecule has 2 rings (SSSR count). The van der Waals surface area contributed by atoms with Gasteiger partial charge in [0, 0.05) is 10.5 Å². The summed E-state index contributed by atoms with van der Waals surface area (Å²) in [5, 5.41) is 3.71. The second-order valence-corrected chi connectivity index (χ2v) is 7.05. The van der Waals surface area contributed by atoms with Crippen LogP contribution in [0.1, 0.15) is 45.1 Å². The molecule has 106 valence electrons. The Kier molecular flexibility index (Phi) is 5.90. The first-order chi connectivity index (χ1) is 9.17. The zero-order chi connectivity index (χ0) is 13.7. The minimum atomic E-state index is 0.768. The third kappa shape index (κ3) is 5.66. The van der Waals surface area contributed by atoms with E-state index >= 15 is 0 Å². The molecule has 0 bridgehead atoms. The highest BCUT2D eigenvalue weighted by Crippen LogP contribution is 2.23. The molecule has 1 aliphatic rings. The Morgan fingerprint density at radius 1 is 1.37 bits per heavy atom. The lowest BCUT2D eigenvalue weighted by atomic mass is 9.89. The number of hydrogen-bond acceptors (Lipinski definition) is 1. The maximum absolute atomic E-state index is 3.71. The van der Waals surface area contributed by atoms with E-state index < -0.39 is 0 Å². The summed E-state index contributed by atoms with van der Waals surface area (Å²) in [6.45, 7) is 5.86. The Morgan fingerprint density at radius 3 is 2.79 bits per heavy atom. The molecule has 1 N–H and O–H groups in total. The number of benzene rings is 1. The van der Waals surface area contributed by atoms with E-state index in [2.05, 4.69) is 59.4 Å². The van der Waals surface area contributed by atoms with Gasteiger partial charge in [-0.1, -0.05) is 48.3 Å². The molecular formula is C17H26BrN. The van der Waals surface area contributed by atoms with Gasteiger partial charge in [0.1, 0.15) is 0 Å². The average Bonchev–Trinajstić information content (AvgIpc) is 3.20. The fourth-order valence-electron chi connectivity index (χ4n) is 2.59. The lowest BCUT2D eigenvalue weighted by Gasteiger charge is -2.21. The molecule has 0 radical (unpaired) electrons. The molecule has 2 atom stereocenters. The molecule has 0 aliphatic heterocycles. The maximum atomic E-state index is 3.71. The Labute approximate surface area is 126 Å². The lowest BCUT2D eigenvalue weighted by molar-refractivity contribution is 0.362. The third-order valence-corrected chi connectivity index (χ3v) is 4.61. The van der Waals surface area contributed by atoms with Crippen molar-refractivity contribution in [3.05, 3.63) is 34.3 Å². The molecule has 1 nitrogen and oxygen atoms in total. The topological polar surface area (TPSA) is 12.0 Å². The van der Waals surface area contributed by atoms with Crippen LogP contribution in [0.5, 0.6) is 0 Å². The van der Waals surface area contributed by atoms with Crippen molar-refractivity contribution in [2.45, 2.75) is 52.0 Å². The summed E-state index contributed by atoms with van der Waals surface area (Å²) in [4.78, 5) is 0. The molecule has 0 amide bonds. The molecule has 1 saturated carbocycles. The Hall–Kier alpha value is -0.340. The van der Waals surface area contributed by atoms with Crippen LogP contribution >= 0.6 is 15.9 Å². The van der Waals surface area contributed by atoms with Gasteiger partial charge in [-0.2, -0.15) is 0 Å². The van der Waals surface area contributed by atoms with Gasteiger partial charge in [0.05, 0.1) is 0 Å². The summed E-state index contributed by atoms with van der Waals surface area (Å²) < 4.78 is 1.20. The molecule has 1 fully saturated rings. The van der Waals surface area contributed by atoms with Gasteiger partial charge in [0.25, 0.3) is 0 Å². The lowest BCUT2D eigenvalue weighted by Crippen LogP contribution is -2.27. The van der Waals surface area contributed by atoms with Crippen molar-refractivity contribution in [3.8, 4) is 0 Å². The smallest absolute Gasteiger partial charge is 0.0177 e. The third-order valence-electron chi connectivity index (χ3n) is 4.12. The van der Waals surface area contributed by atoms with Crippen LogP contribution in [-0.4, -0.2) is 12.6 Å². The summed E-state index contributed by atoms with van der Waals surface area (Å²) in [6, 6.07) is 9.59. The SMILES string of the molecule is CCC(C)CC(CNC1CC1)Cc1cccc(Br)c1. The van der Waals surface area contributed by atoms with Gasteiger partial charge in [-0.05, 0) is 61.8 Å². The molecule has 0 spiro atoms. The molecule has 2 heteroatoms. The maximum Gasteiger partial charge on any atom is 0.0177 e. The first-order valence-electron chi connectivity index (χ1n) is 7.65. The van der Waals surface area contributed by atoms with E-state index in [1.54, 1.807) is 0 Å². The first kappa shape index (κ1) is 15.1. The predicted molar refractivity (Wildman–Crippen MR) is 86.4 cm³/mol. The van der Waals surface area contributed by atoms with Crippen LogP contribution < -0.4 is 5.32 Å². The number of hydrogen-bond donors (Lipinski definition) is 1. The second-order valence-electron chi connectivity index (χ2n) is 6.13. The van der Waals surface area contributed by atoms with Crippen LogP contribution in [0.15, 0.2) is 28.7 Å². The molecular weight excluding hydrogens is 298 g/mol. The van der Waals surface area contributed by atoms with Crippen LogP contribution in [0.3, 0.4) is 0 Å². The van der Waals surface area contributed by atoms with Gasteiger partial charge in [0.2, 0.25) is 0 Å². The van der Waals surface area contributed by atoms with Crippen LogP contribution in [-0.2, 0) is 6.42 Å². The largest absolute Gasteiger partial charge is 0.314 e. The molecule has 1 aromatic rings. The number of nitrogens with one attached hydrogen (secondary N) is 1. The minimum Gasteiger partial charge on any atom is -0.314 e. The first-order valence-corrected chi connectivity index (χ1v) is 8.44. The Morgan fingerprint density at radius 2 is 2.16 bits per heavy atom. The van der Waals surface area contributed by atoms with E-state index in [4.69, 9.17) is 0 Å². The highest BCUT2D eigenvalue weighted by molar-refractivity contribution is 9.10. The van der Waals surface area contributed by atoms with E-state index in [9.17, 15) is 0 Å². The van der Waals surface area contributed by atoms with Crippen molar-refractivity contribution < 1.29 is 0 Å². The van der Waals surface area contributed by atoms with Crippen molar-refractivity contribution in [2.24, 2.45) is 11.8 Å². The average molecular weight is 324 g/mol. The molecule has 19 heavy (non-hydrogen) atoms. The van der Waals surface area contributed by atoms with Crippen LogP contribution in [0, 0.1) is 11.8 Å². The fraction of sp³-hybridized carbons (Fsp3) is 0.647. The Balaban J connectivity index is 1.90. The second kappa shape index (κ2) is 7.44. The molecule has 0 aromatic heterocycles. The predicted octanol–water partition coefficient (Wildman–Crippen LogP) is 4.80. The quantitative estimate of drug-likeness (QED) is 0.724. The van der Waals surface area contributed by atoms with E-state index in [0.29, 0.717) is 0 Å². The normalized spacial score (nSPS) is 18.3. The van der Waals surface area contributed by atoms with Crippen molar-refractivity contribution in [1.29, 1.82) is 0 Å². The Bertz CT molecular complexity index is 387. The van der Waals surface area contributed by atoms with Crippen LogP contribution in [0.25, 0.3) is 0 Å². The molecule has 0 saturated heterocycles. The van der Waals surface area contributed by atoms with E-state index in [-0.39, 0.29) is 0 Å². The van der Waals surface area contributed by atoms with Crippen molar-refractivity contribution in [3.63, 3.8) is 0 Å². The highest BCUT2D eigenvalue weighted by Gasteiger charge is 2.22. The van der Waals surface area contributed by atoms with Gasteiger partial charge in [-0.25, -0.2) is 0 Å². The summed E-state index contributed by atoms with van der Waals surface area (Å²) in [5.41, 5.74) is 1.46. The standard InChI is InChI=1S/C17H26BrN/c1-3-13(2)9-15(12-19-17-7-8-17)10-14-5-4-6-16(18)11-14/h4-6,11,13,15,17,19H,3,7-10,12H2,1-2H3. The summed E-state index contributed by atoms with van der Waals surface area (Å²) in [6.07, 6.45) is 6.59. The molecule has 1 aliphatic carbocycles. The van der Waals surface area contributed by atoms with E-state index in [1.165, 1.54) is 48.7 Å². The summed E-state index contributed by atoms with van der Waals surface area (Å²) in [5.74, 6) is 1.60. The molecule has 2 unspecified atom stereocenters. The van der Waals surface area contributed by atoms with Crippen LogP contribution in [0.2, 0.25) is 0 Å². The van der Waals surface area contributed by atoms with Crippen molar-refractivity contribution in [1.82, 2.24) is 5.32 Å². The fourth-order valence-corrected chi connectivity index (χ4v) is 3.04. The monoisotopic (exact) mass is 323 g/mol. The van der Waals surface area contributed by atoms with Gasteiger partial charge in [0.15, 0.2) is 0 Å². The van der Waals surface area contributed by atoms with Gasteiger partial charge in [-0.15, -0.1) is 0 Å². The number of halogens is 1. The minimum absolute atomic E-state index is 0.768. The van der Waals surface area contributed by atoms with E-state index in [1.807, 2.05) is 0 Å². The van der Waals surface area contributed by atoms with Crippen LogP contribution in [0.4, 0.5) is 0 Å². The van der Waals surface area contributed by atoms with Crippen molar-refractivity contribution in [2.75, 3.05) is 6.54 Å². The molecule has 0 heterocycles. The number of rotatable bonds is 8. The van der Waals surface area contributed by atoms with E-state index in [0.717, 1.165) is 17.9 Å². The summed E-state index contributed by atoms with van der Waals surface area (Å²) in [7, 11) is 0. The zero-order valence-electron chi connectivity index (χ0n) is 12.2. The van der Waals surface area contributed by atoms with Gasteiger partial charge in [-0.3, -0.25) is 0 Å². The highest BCUT2D eigenvalue weighted by atomic mass is 79.9. The molecule has 1 aromatic carbocycles. The van der Waals surface area contributed by atoms with Gasteiger partial charge < -0.3 is 5.32 Å². The summed E-state index contributed by atoms with van der Waals surface area (Å²) >= 11 is 3.57.